The molecule has 3 N–H and O–H groups in total. The minimum Gasteiger partial charge on any atom is -0.457 e. The zero-order valence-corrected chi connectivity index (χ0v) is 19.3. The summed E-state index contributed by atoms with van der Waals surface area (Å²) in [5.41, 5.74) is 1.85. The lowest BCUT2D eigenvalue weighted by Gasteiger charge is -2.37. The third-order valence-electron chi connectivity index (χ3n) is 5.90. The van der Waals surface area contributed by atoms with Gasteiger partial charge in [0.2, 0.25) is 0 Å². The average molecular weight is 476 g/mol. The van der Waals surface area contributed by atoms with Crippen molar-refractivity contribution in [1.82, 2.24) is 10.2 Å². The van der Waals surface area contributed by atoms with Gasteiger partial charge in [-0.05, 0) is 42.0 Å². The van der Waals surface area contributed by atoms with Crippen LogP contribution in [0.5, 0.6) is 11.5 Å². The Labute approximate surface area is 204 Å². The van der Waals surface area contributed by atoms with Crippen molar-refractivity contribution in [2.24, 2.45) is 0 Å². The standard InChI is InChI=1S/C27H29N3O5/c31-24(25(32)27(34)30-17-15-29(16-18-30)21-7-3-1-4-8-21)26(33)28-19-20-11-13-23(14-12-20)35-22-9-5-2-6-10-22/h1-14,24-25,31-32H,15-19H2,(H,28,33)/t24-,25-/m1/s1. The number of aliphatic hydroxyl groups is 2. The quantitative estimate of drug-likeness (QED) is 0.462. The number of carbonyl (C=O) groups is 2. The first-order valence-electron chi connectivity index (χ1n) is 11.6. The summed E-state index contributed by atoms with van der Waals surface area (Å²) in [7, 11) is 0. The molecule has 1 heterocycles. The van der Waals surface area contributed by atoms with Gasteiger partial charge in [0, 0.05) is 38.4 Å². The first kappa shape index (κ1) is 24.3. The van der Waals surface area contributed by atoms with Crippen molar-refractivity contribution in [2.45, 2.75) is 18.8 Å². The molecule has 3 aromatic rings. The van der Waals surface area contributed by atoms with Crippen LogP contribution in [0, 0.1) is 0 Å². The highest BCUT2D eigenvalue weighted by atomic mass is 16.5. The maximum atomic E-state index is 12.7. The highest BCUT2D eigenvalue weighted by Crippen LogP contribution is 2.21. The van der Waals surface area contributed by atoms with Crippen LogP contribution in [-0.2, 0) is 16.1 Å². The first-order valence-corrected chi connectivity index (χ1v) is 11.6. The Morgan fingerprint density at radius 1 is 0.771 bits per heavy atom. The number of hydrogen-bond acceptors (Lipinski definition) is 6. The Morgan fingerprint density at radius 2 is 1.34 bits per heavy atom. The van der Waals surface area contributed by atoms with Crippen molar-refractivity contribution in [2.75, 3.05) is 31.1 Å². The van der Waals surface area contributed by atoms with Gasteiger partial charge in [-0.1, -0.05) is 48.5 Å². The van der Waals surface area contributed by atoms with Gasteiger partial charge in [-0.15, -0.1) is 0 Å². The second kappa shape index (κ2) is 11.5. The van der Waals surface area contributed by atoms with E-state index >= 15 is 0 Å². The molecule has 3 aromatic carbocycles. The number of nitrogens with one attached hydrogen (secondary N) is 1. The maximum absolute atomic E-state index is 12.7. The number of anilines is 1. The molecule has 8 heteroatoms. The van der Waals surface area contributed by atoms with Gasteiger partial charge in [0.05, 0.1) is 0 Å². The lowest BCUT2D eigenvalue weighted by molar-refractivity contribution is -0.153. The van der Waals surface area contributed by atoms with E-state index in [1.165, 1.54) is 4.90 Å². The SMILES string of the molecule is O=C(NCc1ccc(Oc2ccccc2)cc1)[C@H](O)[C@@H](O)C(=O)N1CCN(c2ccccc2)CC1. The van der Waals surface area contributed by atoms with Crippen LogP contribution in [0.2, 0.25) is 0 Å². The van der Waals surface area contributed by atoms with Crippen LogP contribution in [0.1, 0.15) is 5.56 Å². The molecule has 1 fully saturated rings. The highest BCUT2D eigenvalue weighted by molar-refractivity contribution is 5.90. The van der Waals surface area contributed by atoms with Crippen LogP contribution in [-0.4, -0.2) is 65.3 Å². The van der Waals surface area contributed by atoms with Crippen LogP contribution in [0.15, 0.2) is 84.9 Å². The van der Waals surface area contributed by atoms with Crippen molar-refractivity contribution in [3.05, 3.63) is 90.5 Å². The summed E-state index contributed by atoms with van der Waals surface area (Å²) in [5.74, 6) is -0.0855. The van der Waals surface area contributed by atoms with Crippen molar-refractivity contribution < 1.29 is 24.5 Å². The lowest BCUT2D eigenvalue weighted by Crippen LogP contribution is -2.55. The summed E-state index contributed by atoms with van der Waals surface area (Å²) in [6, 6.07) is 26.4. The van der Waals surface area contributed by atoms with Gasteiger partial charge in [0.1, 0.15) is 11.5 Å². The molecule has 2 amide bonds. The Morgan fingerprint density at radius 3 is 1.97 bits per heavy atom. The fraction of sp³-hybridized carbons (Fsp3) is 0.259. The molecule has 1 aliphatic heterocycles. The van der Waals surface area contributed by atoms with Crippen LogP contribution < -0.4 is 15.0 Å². The van der Waals surface area contributed by atoms with Gasteiger partial charge < -0.3 is 30.1 Å². The van der Waals surface area contributed by atoms with E-state index in [1.807, 2.05) is 60.7 Å². The topological polar surface area (TPSA) is 102 Å². The number of aliphatic hydroxyl groups excluding tert-OH is 2. The van der Waals surface area contributed by atoms with Crippen molar-refractivity contribution in [3.63, 3.8) is 0 Å². The molecule has 35 heavy (non-hydrogen) atoms. The number of rotatable bonds is 8. The van der Waals surface area contributed by atoms with E-state index in [-0.39, 0.29) is 6.54 Å². The zero-order chi connectivity index (χ0) is 24.6. The fourth-order valence-corrected chi connectivity index (χ4v) is 3.88. The zero-order valence-electron chi connectivity index (χ0n) is 19.3. The van der Waals surface area contributed by atoms with Crippen LogP contribution in [0.25, 0.3) is 0 Å². The smallest absolute Gasteiger partial charge is 0.254 e. The largest absolute Gasteiger partial charge is 0.457 e. The van der Waals surface area contributed by atoms with E-state index in [4.69, 9.17) is 4.74 Å². The third-order valence-corrected chi connectivity index (χ3v) is 5.90. The van der Waals surface area contributed by atoms with Gasteiger partial charge >= 0.3 is 0 Å². The Kier molecular flexibility index (Phi) is 7.97. The predicted molar refractivity (Wildman–Crippen MR) is 132 cm³/mol. The minimum atomic E-state index is -1.85. The summed E-state index contributed by atoms with van der Waals surface area (Å²) < 4.78 is 5.74. The monoisotopic (exact) mass is 475 g/mol. The van der Waals surface area contributed by atoms with E-state index in [0.717, 1.165) is 17.0 Å². The Bertz CT molecular complexity index is 1100. The molecule has 2 atom stereocenters. The number of ether oxygens (including phenoxy) is 1. The normalized spacial score (nSPS) is 15.3. The van der Waals surface area contributed by atoms with Crippen molar-refractivity contribution in [1.29, 1.82) is 0 Å². The molecule has 0 spiro atoms. The van der Waals surface area contributed by atoms with Gasteiger partial charge in [0.25, 0.3) is 11.8 Å². The predicted octanol–water partition coefficient (Wildman–Crippen LogP) is 2.17. The third kappa shape index (κ3) is 6.38. The van der Waals surface area contributed by atoms with Gasteiger partial charge in [-0.2, -0.15) is 0 Å². The first-order chi connectivity index (χ1) is 17.0. The molecule has 0 unspecified atom stereocenters. The van der Waals surface area contributed by atoms with Crippen molar-refractivity contribution >= 4 is 17.5 Å². The molecule has 0 aliphatic carbocycles. The van der Waals surface area contributed by atoms with E-state index in [1.54, 1.807) is 24.3 Å². The molecule has 0 aromatic heterocycles. The lowest BCUT2D eigenvalue weighted by atomic mass is 10.1. The number of benzene rings is 3. The van der Waals surface area contributed by atoms with Gasteiger partial charge in [0.15, 0.2) is 12.2 Å². The molecule has 0 radical (unpaired) electrons. The second-order valence-electron chi connectivity index (χ2n) is 8.31. The number of carbonyl (C=O) groups excluding carboxylic acids is 2. The fourth-order valence-electron chi connectivity index (χ4n) is 3.88. The summed E-state index contributed by atoms with van der Waals surface area (Å²) >= 11 is 0. The molecule has 4 rings (SSSR count). The van der Waals surface area contributed by atoms with Crippen LogP contribution >= 0.6 is 0 Å². The minimum absolute atomic E-state index is 0.137. The summed E-state index contributed by atoms with van der Waals surface area (Å²) in [6.07, 6.45) is -3.67. The molecule has 1 saturated heterocycles. The molecule has 8 nitrogen and oxygen atoms in total. The summed E-state index contributed by atoms with van der Waals surface area (Å²) in [4.78, 5) is 28.6. The maximum Gasteiger partial charge on any atom is 0.254 e. The second-order valence-corrected chi connectivity index (χ2v) is 8.31. The summed E-state index contributed by atoms with van der Waals surface area (Å²) in [5, 5.41) is 23.2. The summed E-state index contributed by atoms with van der Waals surface area (Å²) in [6.45, 7) is 2.15. The Hall–Kier alpha value is -3.88. The van der Waals surface area contributed by atoms with E-state index in [9.17, 15) is 19.8 Å². The number of amides is 2. The van der Waals surface area contributed by atoms with Crippen LogP contribution in [0.3, 0.4) is 0 Å². The van der Waals surface area contributed by atoms with E-state index in [0.29, 0.717) is 31.9 Å². The average Bonchev–Trinajstić information content (AvgIpc) is 2.92. The molecule has 0 bridgehead atoms. The van der Waals surface area contributed by atoms with Crippen LogP contribution in [0.4, 0.5) is 5.69 Å². The number of nitrogens with zero attached hydrogens (tertiary/aromatic N) is 2. The number of para-hydroxylation sites is 2. The Balaban J connectivity index is 1.23. The van der Waals surface area contributed by atoms with Gasteiger partial charge in [-0.25, -0.2) is 0 Å². The molecule has 0 saturated carbocycles. The number of piperazine rings is 1. The highest BCUT2D eigenvalue weighted by Gasteiger charge is 2.34. The molecular formula is C27H29N3O5. The molecule has 182 valence electrons. The van der Waals surface area contributed by atoms with Gasteiger partial charge in [-0.3, -0.25) is 9.59 Å². The van der Waals surface area contributed by atoms with Crippen molar-refractivity contribution in [3.8, 4) is 11.5 Å². The number of hydrogen-bond donors (Lipinski definition) is 3. The van der Waals surface area contributed by atoms with E-state index < -0.39 is 24.0 Å². The molecular weight excluding hydrogens is 446 g/mol. The van der Waals surface area contributed by atoms with E-state index in [2.05, 4.69) is 10.2 Å². The molecule has 1 aliphatic rings.